The lowest BCUT2D eigenvalue weighted by atomic mass is 10.2. The summed E-state index contributed by atoms with van der Waals surface area (Å²) in [6.45, 7) is 5.72. The largest absolute Gasteiger partial charge is 0.492 e. The summed E-state index contributed by atoms with van der Waals surface area (Å²) in [6, 6.07) is 11.7. The lowest BCUT2D eigenvalue weighted by molar-refractivity contribution is 0.0322. The minimum atomic E-state index is 0.606. The monoisotopic (exact) mass is 355 g/mol. The Hall–Kier alpha value is -2.78. The maximum absolute atomic E-state index is 6.01. The van der Waals surface area contributed by atoms with E-state index < -0.39 is 0 Å². The molecule has 9 nitrogen and oxygen atoms in total. The molecular weight excluding hydrogens is 334 g/mol. The van der Waals surface area contributed by atoms with Gasteiger partial charge in [0.15, 0.2) is 5.65 Å². The van der Waals surface area contributed by atoms with E-state index in [0.29, 0.717) is 24.6 Å². The Morgan fingerprint density at radius 1 is 1.12 bits per heavy atom. The molecule has 3 heterocycles. The van der Waals surface area contributed by atoms with Crippen molar-refractivity contribution in [3.05, 3.63) is 42.0 Å². The van der Waals surface area contributed by atoms with E-state index in [2.05, 4.69) is 30.8 Å². The predicted molar refractivity (Wildman–Crippen MR) is 95.1 cm³/mol. The SMILES string of the molecule is c1ccc(OCCN2CCOCC2)c(CNc2ccc3nnnn3n2)c1. The molecule has 0 saturated carbocycles. The fourth-order valence-corrected chi connectivity index (χ4v) is 2.83. The highest BCUT2D eigenvalue weighted by Crippen LogP contribution is 2.19. The molecule has 9 heteroatoms. The number of rotatable bonds is 7. The minimum absolute atomic E-state index is 0.606. The van der Waals surface area contributed by atoms with Gasteiger partial charge in [0.1, 0.15) is 18.2 Å². The summed E-state index contributed by atoms with van der Waals surface area (Å²) in [5.74, 6) is 1.59. The molecule has 0 unspecified atom stereocenters. The van der Waals surface area contributed by atoms with Crippen LogP contribution in [0.4, 0.5) is 5.82 Å². The summed E-state index contributed by atoms with van der Waals surface area (Å²) in [4.78, 5) is 2.36. The molecule has 0 aliphatic carbocycles. The van der Waals surface area contributed by atoms with E-state index in [4.69, 9.17) is 9.47 Å². The van der Waals surface area contributed by atoms with Gasteiger partial charge in [0.05, 0.1) is 13.2 Å². The number of tetrazole rings is 1. The van der Waals surface area contributed by atoms with Crippen LogP contribution in [-0.2, 0) is 11.3 Å². The van der Waals surface area contributed by atoms with Crippen LogP contribution in [0.3, 0.4) is 0 Å². The smallest absolute Gasteiger partial charge is 0.200 e. The highest BCUT2D eigenvalue weighted by molar-refractivity contribution is 5.44. The summed E-state index contributed by atoms with van der Waals surface area (Å²) < 4.78 is 12.8. The highest BCUT2D eigenvalue weighted by Gasteiger charge is 2.10. The third kappa shape index (κ3) is 4.06. The first-order valence-corrected chi connectivity index (χ1v) is 8.68. The van der Waals surface area contributed by atoms with Crippen molar-refractivity contribution in [3.63, 3.8) is 0 Å². The van der Waals surface area contributed by atoms with Gasteiger partial charge < -0.3 is 14.8 Å². The number of nitrogens with zero attached hydrogens (tertiary/aromatic N) is 6. The molecule has 0 amide bonds. The highest BCUT2D eigenvalue weighted by atomic mass is 16.5. The van der Waals surface area contributed by atoms with Gasteiger partial charge in [-0.05, 0) is 28.6 Å². The third-order valence-electron chi connectivity index (χ3n) is 4.27. The number of hydrogen-bond donors (Lipinski definition) is 1. The van der Waals surface area contributed by atoms with Gasteiger partial charge in [0.25, 0.3) is 0 Å². The van der Waals surface area contributed by atoms with Crippen LogP contribution < -0.4 is 10.1 Å². The molecular formula is C17H21N7O2. The third-order valence-corrected chi connectivity index (χ3v) is 4.27. The molecule has 0 bridgehead atoms. The quantitative estimate of drug-likeness (QED) is 0.667. The summed E-state index contributed by atoms with van der Waals surface area (Å²) >= 11 is 0. The van der Waals surface area contributed by atoms with Gasteiger partial charge in [-0.2, -0.15) is 0 Å². The van der Waals surface area contributed by atoms with E-state index in [-0.39, 0.29) is 0 Å². The van der Waals surface area contributed by atoms with Gasteiger partial charge in [-0.15, -0.1) is 14.8 Å². The normalized spacial score (nSPS) is 15.2. The maximum Gasteiger partial charge on any atom is 0.200 e. The maximum atomic E-state index is 6.01. The topological polar surface area (TPSA) is 89.7 Å². The Bertz CT molecular complexity index is 848. The predicted octanol–water partition coefficient (Wildman–Crippen LogP) is 0.842. The standard InChI is InChI=1S/C17H21N7O2/c1-2-4-15(26-12-9-23-7-10-25-11-8-23)14(3-1)13-18-16-5-6-17-19-21-22-24(17)20-16/h1-6H,7-13H2,(H,18,20). The van der Waals surface area contributed by atoms with Gasteiger partial charge in [-0.25, -0.2) is 0 Å². The van der Waals surface area contributed by atoms with Gasteiger partial charge in [-0.1, -0.05) is 18.2 Å². The number of morpholine rings is 1. The van der Waals surface area contributed by atoms with Crippen LogP contribution >= 0.6 is 0 Å². The van der Waals surface area contributed by atoms with E-state index >= 15 is 0 Å². The van der Waals surface area contributed by atoms with Crippen LogP contribution in [0.25, 0.3) is 5.65 Å². The first-order chi connectivity index (χ1) is 12.9. The molecule has 0 spiro atoms. The van der Waals surface area contributed by atoms with Crippen molar-refractivity contribution in [3.8, 4) is 5.75 Å². The van der Waals surface area contributed by atoms with Gasteiger partial charge in [0.2, 0.25) is 0 Å². The Morgan fingerprint density at radius 3 is 2.92 bits per heavy atom. The number of aromatic nitrogens is 5. The molecule has 1 saturated heterocycles. The first kappa shape index (κ1) is 16.7. The van der Waals surface area contributed by atoms with Crippen molar-refractivity contribution >= 4 is 11.5 Å². The number of fused-ring (bicyclic) bond motifs is 1. The number of nitrogens with one attached hydrogen (secondary N) is 1. The number of para-hydroxylation sites is 1. The molecule has 136 valence electrons. The fraction of sp³-hybridized carbons (Fsp3) is 0.412. The average molecular weight is 355 g/mol. The fourth-order valence-electron chi connectivity index (χ4n) is 2.83. The van der Waals surface area contributed by atoms with E-state index in [1.807, 2.05) is 36.4 Å². The van der Waals surface area contributed by atoms with E-state index in [1.54, 1.807) is 0 Å². The zero-order chi connectivity index (χ0) is 17.6. The Balaban J connectivity index is 1.34. The van der Waals surface area contributed by atoms with Crippen molar-refractivity contribution in [2.75, 3.05) is 44.8 Å². The second kappa shape index (κ2) is 8.07. The summed E-state index contributed by atoms with van der Waals surface area (Å²) in [5, 5.41) is 18.8. The van der Waals surface area contributed by atoms with Gasteiger partial charge >= 0.3 is 0 Å². The molecule has 2 aromatic heterocycles. The van der Waals surface area contributed by atoms with Crippen molar-refractivity contribution in [1.29, 1.82) is 0 Å². The molecule has 1 aliphatic rings. The van der Waals surface area contributed by atoms with Crippen LogP contribution in [0.2, 0.25) is 0 Å². The lowest BCUT2D eigenvalue weighted by Gasteiger charge is -2.26. The zero-order valence-electron chi connectivity index (χ0n) is 14.4. The van der Waals surface area contributed by atoms with E-state index in [0.717, 1.165) is 44.2 Å². The Morgan fingerprint density at radius 2 is 2.00 bits per heavy atom. The molecule has 1 N–H and O–H groups in total. The first-order valence-electron chi connectivity index (χ1n) is 8.68. The number of anilines is 1. The Kier molecular flexibility index (Phi) is 5.17. The summed E-state index contributed by atoms with van der Waals surface area (Å²) in [5.41, 5.74) is 1.69. The molecule has 3 aromatic rings. The van der Waals surface area contributed by atoms with Crippen molar-refractivity contribution in [2.45, 2.75) is 6.54 Å². The number of ether oxygens (including phenoxy) is 2. The second-order valence-corrected chi connectivity index (χ2v) is 6.01. The number of hydrogen-bond acceptors (Lipinski definition) is 8. The van der Waals surface area contributed by atoms with E-state index in [1.165, 1.54) is 4.63 Å². The number of benzene rings is 1. The summed E-state index contributed by atoms with van der Waals surface area (Å²) in [7, 11) is 0. The van der Waals surface area contributed by atoms with Crippen LogP contribution in [0, 0.1) is 0 Å². The van der Waals surface area contributed by atoms with Crippen LogP contribution in [0.5, 0.6) is 5.75 Å². The van der Waals surface area contributed by atoms with Gasteiger partial charge in [-0.3, -0.25) is 4.90 Å². The molecule has 0 atom stereocenters. The minimum Gasteiger partial charge on any atom is -0.492 e. The Labute approximate surface area is 150 Å². The van der Waals surface area contributed by atoms with Crippen molar-refractivity contribution < 1.29 is 9.47 Å². The molecule has 1 aromatic carbocycles. The zero-order valence-corrected chi connectivity index (χ0v) is 14.4. The molecule has 0 radical (unpaired) electrons. The van der Waals surface area contributed by atoms with Crippen LogP contribution in [-0.4, -0.2) is 69.6 Å². The van der Waals surface area contributed by atoms with E-state index in [9.17, 15) is 0 Å². The molecule has 1 aliphatic heterocycles. The molecule has 4 rings (SSSR count). The van der Waals surface area contributed by atoms with Crippen LogP contribution in [0.1, 0.15) is 5.56 Å². The average Bonchev–Trinajstić information content (AvgIpc) is 3.16. The van der Waals surface area contributed by atoms with Crippen molar-refractivity contribution in [2.24, 2.45) is 0 Å². The summed E-state index contributed by atoms with van der Waals surface area (Å²) in [6.07, 6.45) is 0. The lowest BCUT2D eigenvalue weighted by Crippen LogP contribution is -2.38. The van der Waals surface area contributed by atoms with Gasteiger partial charge in [0, 0.05) is 31.7 Å². The second-order valence-electron chi connectivity index (χ2n) is 6.01. The van der Waals surface area contributed by atoms with Crippen molar-refractivity contribution in [1.82, 2.24) is 30.2 Å². The van der Waals surface area contributed by atoms with Crippen LogP contribution in [0.15, 0.2) is 36.4 Å². The molecule has 1 fully saturated rings. The molecule has 26 heavy (non-hydrogen) atoms.